The number of nitrogens with zero attached hydrogens (tertiary/aromatic N) is 3. The van der Waals surface area contributed by atoms with E-state index in [9.17, 15) is 24.0 Å². The third-order valence-corrected chi connectivity index (χ3v) is 9.92. The number of hydrogen-bond donors (Lipinski definition) is 5. The van der Waals surface area contributed by atoms with E-state index in [0.717, 1.165) is 16.2 Å². The van der Waals surface area contributed by atoms with E-state index < -0.39 is 46.8 Å². The number of nitrogens with one attached hydrogen (secondary N) is 5. The molecule has 1 aromatic heterocycles. The minimum absolute atomic E-state index is 0.0350. The second-order valence-electron chi connectivity index (χ2n) is 18.6. The van der Waals surface area contributed by atoms with Gasteiger partial charge in [0.2, 0.25) is 17.8 Å². The summed E-state index contributed by atoms with van der Waals surface area (Å²) in [7, 11) is 3.04. The lowest BCUT2D eigenvalue weighted by atomic mass is 10.0. The predicted octanol–water partition coefficient (Wildman–Crippen LogP) is 8.76. The Morgan fingerprint density at radius 3 is 1.68 bits per heavy atom. The van der Waals surface area contributed by atoms with Crippen LogP contribution >= 0.6 is 21.6 Å². The van der Waals surface area contributed by atoms with E-state index in [1.165, 1.54) is 21.6 Å². The van der Waals surface area contributed by atoms with E-state index >= 15 is 0 Å². The fourth-order valence-electron chi connectivity index (χ4n) is 5.14. The standard InChI is InChI=1S/C47H66N8O11S2/c1-44(2,3)63-40(57)52-38(53-41(58)64-45(4,5)6)49-23-25-61-34-17-15-16-31(28-34)32-19-20-33(30-51-36(56)21-27-67-68-37-18-13-14-22-48-37)35(29-32)62-26-24-50-39(54-42(59)65-46(7,8)9)55-43(60)66-47(10,11)12/h13-20,22,28-29H,21,23-27,30H2,1-12H3,(H,51,56)(H2,49,52,53,57,58)(H2,50,54,55,59,60). The summed E-state index contributed by atoms with van der Waals surface area (Å²) < 4.78 is 33.6. The Hall–Kier alpha value is -6.22. The first-order valence-corrected chi connectivity index (χ1v) is 24.1. The van der Waals surface area contributed by atoms with Gasteiger partial charge in [0, 0.05) is 30.5 Å². The smallest absolute Gasteiger partial charge is 0.437 e. The maximum atomic E-state index is 12.9. The number of pyridine rings is 1. The molecule has 21 heteroatoms. The van der Waals surface area contributed by atoms with E-state index in [0.29, 0.717) is 22.8 Å². The van der Waals surface area contributed by atoms with Gasteiger partial charge in [0.15, 0.2) is 0 Å². The van der Waals surface area contributed by atoms with Crippen molar-refractivity contribution in [2.75, 3.05) is 32.1 Å². The molecule has 5 amide bonds. The van der Waals surface area contributed by atoms with Crippen LogP contribution < -0.4 is 36.1 Å². The zero-order valence-corrected chi connectivity index (χ0v) is 42.6. The van der Waals surface area contributed by atoms with Crippen molar-refractivity contribution in [2.45, 2.75) is 123 Å². The van der Waals surface area contributed by atoms with Crippen molar-refractivity contribution < 1.29 is 52.4 Å². The molecule has 0 aliphatic carbocycles. The molecule has 0 aliphatic heterocycles. The molecule has 3 aromatic rings. The van der Waals surface area contributed by atoms with Gasteiger partial charge in [-0.1, -0.05) is 41.1 Å². The van der Waals surface area contributed by atoms with Gasteiger partial charge in [0.1, 0.15) is 52.1 Å². The molecule has 3 rings (SSSR count). The highest BCUT2D eigenvalue weighted by atomic mass is 33.1. The number of amides is 5. The molecule has 0 saturated heterocycles. The normalized spacial score (nSPS) is 12.2. The van der Waals surface area contributed by atoms with E-state index in [1.54, 1.807) is 95.3 Å². The van der Waals surface area contributed by atoms with Gasteiger partial charge in [-0.05, 0) is 135 Å². The van der Waals surface area contributed by atoms with E-state index in [4.69, 9.17) is 28.4 Å². The van der Waals surface area contributed by atoms with Crippen molar-refractivity contribution in [3.05, 3.63) is 72.4 Å². The molecule has 0 fully saturated rings. The van der Waals surface area contributed by atoms with Crippen LogP contribution in [0.3, 0.4) is 0 Å². The van der Waals surface area contributed by atoms with Gasteiger partial charge in [-0.3, -0.25) is 15.4 Å². The summed E-state index contributed by atoms with van der Waals surface area (Å²) in [6.45, 7) is 20.9. The lowest BCUT2D eigenvalue weighted by Crippen LogP contribution is -2.45. The third kappa shape index (κ3) is 25.1. The number of benzene rings is 2. The number of aromatic nitrogens is 1. The summed E-state index contributed by atoms with van der Waals surface area (Å²) in [5, 5.41) is 14.5. The Morgan fingerprint density at radius 1 is 0.603 bits per heavy atom. The number of guanidine groups is 2. The molecule has 0 saturated carbocycles. The van der Waals surface area contributed by atoms with Crippen LogP contribution in [0.5, 0.6) is 11.5 Å². The number of hydrogen-bond acceptors (Lipinski definition) is 14. The highest BCUT2D eigenvalue weighted by molar-refractivity contribution is 8.76. The minimum atomic E-state index is -0.925. The average Bonchev–Trinajstić information content (AvgIpc) is 3.19. The third-order valence-electron chi connectivity index (χ3n) is 7.65. The largest absolute Gasteiger partial charge is 0.492 e. The highest BCUT2D eigenvalue weighted by Crippen LogP contribution is 2.31. The van der Waals surface area contributed by atoms with Crippen molar-refractivity contribution >= 4 is 63.8 Å². The van der Waals surface area contributed by atoms with Gasteiger partial charge in [-0.15, -0.1) is 9.98 Å². The van der Waals surface area contributed by atoms with Gasteiger partial charge < -0.3 is 44.4 Å². The van der Waals surface area contributed by atoms with Crippen LogP contribution in [0.15, 0.2) is 81.9 Å². The molecular formula is C47H66N8O11S2. The lowest BCUT2D eigenvalue weighted by Gasteiger charge is -2.21. The van der Waals surface area contributed by atoms with Crippen molar-refractivity contribution in [3.63, 3.8) is 0 Å². The highest BCUT2D eigenvalue weighted by Gasteiger charge is 2.22. The summed E-state index contributed by atoms with van der Waals surface area (Å²) in [6.07, 6.45) is -1.47. The number of carbonyl (C=O) groups excluding carboxylic acids is 5. The van der Waals surface area contributed by atoms with Gasteiger partial charge in [-0.25, -0.2) is 24.2 Å². The molecular weight excluding hydrogens is 917 g/mol. The summed E-state index contributed by atoms with van der Waals surface area (Å²) >= 11 is 0. The second kappa shape index (κ2) is 26.4. The molecule has 2 aromatic carbocycles. The molecule has 5 N–H and O–H groups in total. The van der Waals surface area contributed by atoms with Crippen LogP contribution in [0.2, 0.25) is 0 Å². The maximum Gasteiger partial charge on any atom is 0.437 e. The van der Waals surface area contributed by atoms with Gasteiger partial charge >= 0.3 is 24.4 Å². The Bertz CT molecular complexity index is 2220. The number of aliphatic imine (C=N–C) groups is 2. The Kier molecular flexibility index (Phi) is 21.7. The first-order chi connectivity index (χ1) is 31.7. The molecule has 0 aliphatic rings. The van der Waals surface area contributed by atoms with Gasteiger partial charge in [-0.2, -0.15) is 0 Å². The van der Waals surface area contributed by atoms with Crippen LogP contribution in [0.1, 0.15) is 95.1 Å². The molecule has 68 heavy (non-hydrogen) atoms. The van der Waals surface area contributed by atoms with Gasteiger partial charge in [0.05, 0.1) is 13.1 Å². The van der Waals surface area contributed by atoms with Crippen LogP contribution in [0, 0.1) is 0 Å². The topological polar surface area (TPSA) is 238 Å². The summed E-state index contributed by atoms with van der Waals surface area (Å²) in [4.78, 5) is 75.2. The minimum Gasteiger partial charge on any atom is -0.492 e. The fraction of sp³-hybridized carbons (Fsp3) is 0.489. The van der Waals surface area contributed by atoms with Crippen molar-refractivity contribution in [1.29, 1.82) is 0 Å². The molecule has 1 heterocycles. The second-order valence-corrected chi connectivity index (χ2v) is 21.1. The SMILES string of the molecule is CC(C)(C)OC(=O)/N=C(/NCCOc1cc(-c2cccc(OCCN/C(=N\C(=O)OC(C)(C)C)NC(=O)OC(C)(C)C)c2)ccc1CNC(=O)CCSSc1ccccn1)NC(=O)OC(C)(C)C. The summed E-state index contributed by atoms with van der Waals surface area (Å²) in [6, 6.07) is 18.6. The molecule has 0 radical (unpaired) electrons. The summed E-state index contributed by atoms with van der Waals surface area (Å²) in [5.41, 5.74) is -1.00. The molecule has 0 unspecified atom stereocenters. The zero-order chi connectivity index (χ0) is 50.5. The van der Waals surface area contributed by atoms with Crippen LogP contribution in [-0.2, 0) is 30.3 Å². The number of alkyl carbamates (subject to hydrolysis) is 2. The average molecular weight is 983 g/mol. The maximum absolute atomic E-state index is 12.9. The first kappa shape index (κ1) is 56.1. The Labute approximate surface area is 406 Å². The number of rotatable bonds is 16. The number of carbonyl (C=O) groups is 5. The monoisotopic (exact) mass is 982 g/mol. The van der Waals surface area contributed by atoms with Crippen molar-refractivity contribution in [3.8, 4) is 22.6 Å². The van der Waals surface area contributed by atoms with E-state index in [1.807, 2.05) is 54.6 Å². The summed E-state index contributed by atoms with van der Waals surface area (Å²) in [5.74, 6) is 1.04. The van der Waals surface area contributed by atoms with E-state index in [-0.39, 0.29) is 57.1 Å². The molecule has 0 spiro atoms. The van der Waals surface area contributed by atoms with Gasteiger partial charge in [0.25, 0.3) is 0 Å². The molecule has 0 bridgehead atoms. The van der Waals surface area contributed by atoms with Crippen LogP contribution in [-0.4, -0.2) is 102 Å². The first-order valence-electron chi connectivity index (χ1n) is 21.8. The number of ether oxygens (including phenoxy) is 6. The zero-order valence-electron chi connectivity index (χ0n) is 40.9. The van der Waals surface area contributed by atoms with Crippen LogP contribution in [0.25, 0.3) is 11.1 Å². The molecule has 19 nitrogen and oxygen atoms in total. The quantitative estimate of drug-likeness (QED) is 0.0296. The predicted molar refractivity (Wildman–Crippen MR) is 264 cm³/mol. The fourth-order valence-corrected chi connectivity index (χ4v) is 7.01. The molecule has 0 atom stereocenters. The Balaban J connectivity index is 1.77. The Morgan fingerprint density at radius 2 is 1.15 bits per heavy atom. The van der Waals surface area contributed by atoms with E-state index in [2.05, 4.69) is 41.6 Å². The lowest BCUT2D eigenvalue weighted by molar-refractivity contribution is -0.120. The van der Waals surface area contributed by atoms with Crippen molar-refractivity contribution in [1.82, 2.24) is 31.6 Å². The van der Waals surface area contributed by atoms with Crippen molar-refractivity contribution in [2.24, 2.45) is 9.98 Å². The van der Waals surface area contributed by atoms with Crippen LogP contribution in [0.4, 0.5) is 19.2 Å². The molecule has 372 valence electrons.